The van der Waals surface area contributed by atoms with Gasteiger partial charge in [-0.1, -0.05) is 12.1 Å². The molecule has 1 saturated heterocycles. The fourth-order valence-electron chi connectivity index (χ4n) is 3.96. The Hall–Kier alpha value is -1.78. The fourth-order valence-corrected chi connectivity index (χ4v) is 3.96. The lowest BCUT2D eigenvalue weighted by molar-refractivity contribution is -0.0637. The van der Waals surface area contributed by atoms with Gasteiger partial charge >= 0.3 is 0 Å². The van der Waals surface area contributed by atoms with Crippen LogP contribution in [0.5, 0.6) is 0 Å². The first-order valence-corrected chi connectivity index (χ1v) is 9.53. The summed E-state index contributed by atoms with van der Waals surface area (Å²) in [6.07, 6.45) is 3.81. The molecule has 0 radical (unpaired) electrons. The Morgan fingerprint density at radius 2 is 1.08 bits per heavy atom. The van der Waals surface area contributed by atoms with Crippen molar-refractivity contribution >= 4 is 0 Å². The van der Waals surface area contributed by atoms with Crippen molar-refractivity contribution in [1.29, 1.82) is 0 Å². The highest BCUT2D eigenvalue weighted by Crippen LogP contribution is 2.40. The van der Waals surface area contributed by atoms with Crippen molar-refractivity contribution in [3.63, 3.8) is 0 Å². The number of hydrogen-bond acceptors (Lipinski definition) is 4. The molecule has 3 heterocycles. The van der Waals surface area contributed by atoms with E-state index in [1.165, 1.54) is 0 Å². The first-order valence-electron chi connectivity index (χ1n) is 9.53. The van der Waals surface area contributed by atoms with Gasteiger partial charge in [0.25, 0.3) is 0 Å². The normalized spacial score (nSPS) is 23.2. The molecule has 4 heteroatoms. The molecule has 0 saturated carbocycles. The Morgan fingerprint density at radius 3 is 1.35 bits per heavy atom. The summed E-state index contributed by atoms with van der Waals surface area (Å²) < 4.78 is 0. The molecule has 0 aliphatic carbocycles. The van der Waals surface area contributed by atoms with Gasteiger partial charge in [-0.15, -0.1) is 0 Å². The van der Waals surface area contributed by atoms with E-state index in [-0.39, 0.29) is 23.2 Å². The maximum Gasteiger partial charge on any atom is 0.0654 e. The summed E-state index contributed by atoms with van der Waals surface area (Å²) in [5, 5.41) is 0. The van der Waals surface area contributed by atoms with Gasteiger partial charge in [-0.05, 0) is 65.8 Å². The molecule has 0 bridgehead atoms. The van der Waals surface area contributed by atoms with E-state index in [9.17, 15) is 0 Å². The Morgan fingerprint density at radius 1 is 0.692 bits per heavy atom. The van der Waals surface area contributed by atoms with Gasteiger partial charge < -0.3 is 0 Å². The van der Waals surface area contributed by atoms with Gasteiger partial charge in [0, 0.05) is 36.6 Å². The molecule has 0 spiro atoms. The van der Waals surface area contributed by atoms with Gasteiger partial charge in [0.15, 0.2) is 0 Å². The van der Waals surface area contributed by atoms with Crippen LogP contribution in [0.4, 0.5) is 0 Å². The predicted octanol–water partition coefficient (Wildman–Crippen LogP) is 4.47. The molecule has 0 N–H and O–H groups in total. The number of pyridine rings is 2. The van der Waals surface area contributed by atoms with Crippen molar-refractivity contribution in [1.82, 2.24) is 19.8 Å². The van der Waals surface area contributed by atoms with Gasteiger partial charge in [-0.3, -0.25) is 19.8 Å². The second-order valence-electron chi connectivity index (χ2n) is 9.19. The van der Waals surface area contributed by atoms with E-state index in [1.807, 2.05) is 24.5 Å². The van der Waals surface area contributed by atoms with Crippen LogP contribution in [0.15, 0.2) is 48.8 Å². The SMILES string of the molecule is CC(C)(C)N1CC(c2ccccn2)N(C(C)(C)C)CC1c1ccccn1. The summed E-state index contributed by atoms with van der Waals surface area (Å²) in [7, 11) is 0. The maximum absolute atomic E-state index is 4.70. The van der Waals surface area contributed by atoms with Crippen molar-refractivity contribution in [2.45, 2.75) is 64.7 Å². The molecule has 3 rings (SSSR count). The lowest BCUT2D eigenvalue weighted by Gasteiger charge is -2.54. The molecule has 26 heavy (non-hydrogen) atoms. The van der Waals surface area contributed by atoms with Crippen LogP contribution in [0.1, 0.15) is 65.0 Å². The number of rotatable bonds is 2. The third kappa shape index (κ3) is 3.97. The molecule has 2 atom stereocenters. The minimum absolute atomic E-state index is 0.0548. The van der Waals surface area contributed by atoms with Crippen LogP contribution in [-0.4, -0.2) is 43.9 Å². The van der Waals surface area contributed by atoms with Crippen LogP contribution in [0.3, 0.4) is 0 Å². The smallest absolute Gasteiger partial charge is 0.0654 e. The standard InChI is InChI=1S/C22H32N4/c1-21(2,3)25-15-20(18-12-8-10-14-24-18)26(22(4,5)6)16-19(25)17-11-7-9-13-23-17/h7-14,19-20H,15-16H2,1-6H3. The zero-order chi connectivity index (χ0) is 18.9. The molecular weight excluding hydrogens is 320 g/mol. The summed E-state index contributed by atoms with van der Waals surface area (Å²) in [5.74, 6) is 0. The lowest BCUT2D eigenvalue weighted by atomic mass is 9.90. The van der Waals surface area contributed by atoms with E-state index in [4.69, 9.17) is 9.97 Å². The zero-order valence-corrected chi connectivity index (χ0v) is 17.0. The summed E-state index contributed by atoms with van der Waals surface area (Å²) in [6.45, 7) is 15.7. The quantitative estimate of drug-likeness (QED) is 0.798. The number of hydrogen-bond donors (Lipinski definition) is 0. The average Bonchev–Trinajstić information content (AvgIpc) is 2.60. The topological polar surface area (TPSA) is 32.3 Å². The van der Waals surface area contributed by atoms with Gasteiger partial charge in [0.2, 0.25) is 0 Å². The van der Waals surface area contributed by atoms with Crippen molar-refractivity contribution in [3.05, 3.63) is 60.2 Å². The van der Waals surface area contributed by atoms with E-state index in [2.05, 4.69) is 75.6 Å². The highest BCUT2D eigenvalue weighted by atomic mass is 15.4. The highest BCUT2D eigenvalue weighted by molar-refractivity contribution is 5.18. The Kier molecular flexibility index (Phi) is 5.18. The van der Waals surface area contributed by atoms with Crippen LogP contribution in [-0.2, 0) is 0 Å². The molecule has 2 aromatic rings. The Bertz CT molecular complexity index is 637. The second-order valence-corrected chi connectivity index (χ2v) is 9.19. The second kappa shape index (κ2) is 7.09. The first-order chi connectivity index (χ1) is 12.2. The molecular formula is C22H32N4. The number of aromatic nitrogens is 2. The van der Waals surface area contributed by atoms with Crippen LogP contribution in [0.25, 0.3) is 0 Å². The predicted molar refractivity (Wildman–Crippen MR) is 107 cm³/mol. The maximum atomic E-state index is 4.70. The van der Waals surface area contributed by atoms with Crippen LogP contribution in [0.2, 0.25) is 0 Å². The van der Waals surface area contributed by atoms with Gasteiger partial charge in [-0.2, -0.15) is 0 Å². The molecule has 1 aliphatic heterocycles. The van der Waals surface area contributed by atoms with Gasteiger partial charge in [-0.25, -0.2) is 0 Å². The zero-order valence-electron chi connectivity index (χ0n) is 17.0. The molecule has 1 fully saturated rings. The molecule has 1 aliphatic rings. The molecule has 2 unspecified atom stereocenters. The van der Waals surface area contributed by atoms with Crippen molar-refractivity contribution in [3.8, 4) is 0 Å². The summed E-state index contributed by atoms with van der Waals surface area (Å²) in [4.78, 5) is 14.6. The molecule has 0 aromatic carbocycles. The summed E-state index contributed by atoms with van der Waals surface area (Å²) in [5.41, 5.74) is 2.41. The number of nitrogens with zero attached hydrogens (tertiary/aromatic N) is 4. The van der Waals surface area contributed by atoms with Gasteiger partial charge in [0.05, 0.1) is 23.5 Å². The monoisotopic (exact) mass is 352 g/mol. The minimum atomic E-state index is 0.0548. The Labute approximate surface area is 158 Å². The van der Waals surface area contributed by atoms with Crippen LogP contribution in [0, 0.1) is 0 Å². The van der Waals surface area contributed by atoms with Crippen molar-refractivity contribution in [2.24, 2.45) is 0 Å². The van der Waals surface area contributed by atoms with E-state index in [0.717, 1.165) is 24.5 Å². The molecule has 0 amide bonds. The molecule has 140 valence electrons. The highest BCUT2D eigenvalue weighted by Gasteiger charge is 2.44. The third-order valence-corrected chi connectivity index (χ3v) is 5.27. The molecule has 2 aromatic heterocycles. The average molecular weight is 353 g/mol. The van der Waals surface area contributed by atoms with Crippen LogP contribution < -0.4 is 0 Å². The lowest BCUT2D eigenvalue weighted by Crippen LogP contribution is -2.60. The van der Waals surface area contributed by atoms with E-state index in [0.29, 0.717) is 0 Å². The largest absolute Gasteiger partial charge is 0.287 e. The Balaban J connectivity index is 2.04. The first kappa shape index (κ1) is 19.0. The van der Waals surface area contributed by atoms with E-state index >= 15 is 0 Å². The van der Waals surface area contributed by atoms with Crippen molar-refractivity contribution in [2.75, 3.05) is 13.1 Å². The van der Waals surface area contributed by atoms with E-state index in [1.54, 1.807) is 0 Å². The van der Waals surface area contributed by atoms with Crippen molar-refractivity contribution < 1.29 is 0 Å². The fraction of sp³-hybridized carbons (Fsp3) is 0.545. The van der Waals surface area contributed by atoms with E-state index < -0.39 is 0 Å². The minimum Gasteiger partial charge on any atom is -0.287 e. The van der Waals surface area contributed by atoms with Gasteiger partial charge in [0.1, 0.15) is 0 Å². The summed E-state index contributed by atoms with van der Waals surface area (Å²) in [6, 6.07) is 13.0. The number of piperazine rings is 1. The molecule has 4 nitrogen and oxygen atoms in total. The van der Waals surface area contributed by atoms with Crippen LogP contribution >= 0.6 is 0 Å². The summed E-state index contributed by atoms with van der Waals surface area (Å²) >= 11 is 0. The third-order valence-electron chi connectivity index (χ3n) is 5.27.